The number of nitrogens with zero attached hydrogens (tertiary/aromatic N) is 1. The topological polar surface area (TPSA) is 57.6 Å². The van der Waals surface area contributed by atoms with Gasteiger partial charge in [0.15, 0.2) is 11.6 Å². The number of benzene rings is 1. The van der Waals surface area contributed by atoms with Crippen LogP contribution in [0.15, 0.2) is 12.1 Å². The van der Waals surface area contributed by atoms with Gasteiger partial charge in [-0.3, -0.25) is 4.79 Å². The van der Waals surface area contributed by atoms with Crippen molar-refractivity contribution in [2.45, 2.75) is 12.6 Å². The highest BCUT2D eigenvalue weighted by Crippen LogP contribution is 2.21. The Bertz CT molecular complexity index is 571. The summed E-state index contributed by atoms with van der Waals surface area (Å²) in [7, 11) is 1.00. The number of amides is 1. The predicted molar refractivity (Wildman–Crippen MR) is 60.9 cm³/mol. The largest absolute Gasteiger partial charge is 0.478 e. The molecular weight excluding hydrogens is 301 g/mol. The first-order valence-electron chi connectivity index (χ1n) is 5.57. The fourth-order valence-corrected chi connectivity index (χ4v) is 1.50. The standard InChI is InChI=1S/C12H10F5NO3/c1-18(3-2-12(15,16)17)10(19)6-4-8(13)9(14)5-7(6)11(20)21/h4-5H,2-3H2,1H3,(H,20,21). The second kappa shape index (κ2) is 6.06. The van der Waals surface area contributed by atoms with E-state index in [0.717, 1.165) is 7.05 Å². The molecule has 1 amide bonds. The molecule has 0 saturated carbocycles. The molecule has 0 aliphatic rings. The Kier molecular flexibility index (Phi) is 4.87. The lowest BCUT2D eigenvalue weighted by molar-refractivity contribution is -0.136. The summed E-state index contributed by atoms with van der Waals surface area (Å²) in [5.41, 5.74) is -1.54. The van der Waals surface area contributed by atoms with Gasteiger partial charge in [-0.25, -0.2) is 13.6 Å². The van der Waals surface area contributed by atoms with E-state index in [4.69, 9.17) is 5.11 Å². The highest BCUT2D eigenvalue weighted by molar-refractivity contribution is 6.04. The van der Waals surface area contributed by atoms with Gasteiger partial charge in [0.05, 0.1) is 17.5 Å². The summed E-state index contributed by atoms with van der Waals surface area (Å²) in [5.74, 6) is -5.77. The van der Waals surface area contributed by atoms with Crippen LogP contribution in [0.4, 0.5) is 22.0 Å². The van der Waals surface area contributed by atoms with Crippen molar-refractivity contribution in [3.8, 4) is 0 Å². The van der Waals surface area contributed by atoms with Gasteiger partial charge < -0.3 is 10.0 Å². The molecule has 1 N–H and O–H groups in total. The van der Waals surface area contributed by atoms with Crippen molar-refractivity contribution in [1.82, 2.24) is 4.90 Å². The highest BCUT2D eigenvalue weighted by Gasteiger charge is 2.29. The van der Waals surface area contributed by atoms with Crippen LogP contribution in [-0.4, -0.2) is 41.7 Å². The summed E-state index contributed by atoms with van der Waals surface area (Å²) in [4.78, 5) is 23.3. The van der Waals surface area contributed by atoms with Gasteiger partial charge in [0.1, 0.15) is 0 Å². The molecule has 0 aliphatic heterocycles. The molecule has 0 saturated heterocycles. The number of carboxylic acids is 1. The number of rotatable bonds is 4. The van der Waals surface area contributed by atoms with Crippen molar-refractivity contribution in [2.24, 2.45) is 0 Å². The Hall–Kier alpha value is -2.19. The lowest BCUT2D eigenvalue weighted by atomic mass is 10.1. The van der Waals surface area contributed by atoms with Gasteiger partial charge in [-0.15, -0.1) is 0 Å². The Morgan fingerprint density at radius 1 is 1.14 bits per heavy atom. The lowest BCUT2D eigenvalue weighted by Gasteiger charge is -2.19. The van der Waals surface area contributed by atoms with Crippen LogP contribution in [0, 0.1) is 11.6 Å². The van der Waals surface area contributed by atoms with Crippen molar-refractivity contribution in [1.29, 1.82) is 0 Å². The molecule has 1 aromatic carbocycles. The van der Waals surface area contributed by atoms with Crippen LogP contribution in [0.1, 0.15) is 27.1 Å². The number of hydrogen-bond acceptors (Lipinski definition) is 2. The van der Waals surface area contributed by atoms with Gasteiger partial charge in [0.2, 0.25) is 0 Å². The summed E-state index contributed by atoms with van der Waals surface area (Å²) in [6.07, 6.45) is -5.81. The number of halogens is 5. The SMILES string of the molecule is CN(CCC(F)(F)F)C(=O)c1cc(F)c(F)cc1C(=O)O. The second-order valence-electron chi connectivity index (χ2n) is 4.21. The minimum atomic E-state index is -4.50. The van der Waals surface area contributed by atoms with Gasteiger partial charge >= 0.3 is 12.1 Å². The number of hydrogen-bond donors (Lipinski definition) is 1. The average Bonchev–Trinajstić information content (AvgIpc) is 2.36. The number of aromatic carboxylic acids is 1. The van der Waals surface area contributed by atoms with Gasteiger partial charge in [0, 0.05) is 13.6 Å². The molecule has 0 radical (unpaired) electrons. The summed E-state index contributed by atoms with van der Waals surface area (Å²) >= 11 is 0. The van der Waals surface area contributed by atoms with Crippen molar-refractivity contribution in [2.75, 3.05) is 13.6 Å². The van der Waals surface area contributed by atoms with Crippen LogP contribution in [0.5, 0.6) is 0 Å². The minimum absolute atomic E-state index is 0.308. The number of carbonyl (C=O) groups is 2. The fraction of sp³-hybridized carbons (Fsp3) is 0.333. The Morgan fingerprint density at radius 3 is 2.05 bits per heavy atom. The summed E-state index contributed by atoms with van der Waals surface area (Å²) in [5, 5.41) is 8.83. The molecule has 0 aromatic heterocycles. The van der Waals surface area contributed by atoms with Crippen molar-refractivity contribution < 1.29 is 36.6 Å². The van der Waals surface area contributed by atoms with Crippen LogP contribution in [0.2, 0.25) is 0 Å². The van der Waals surface area contributed by atoms with Crippen molar-refractivity contribution in [3.05, 3.63) is 34.9 Å². The minimum Gasteiger partial charge on any atom is -0.478 e. The maximum atomic E-state index is 13.1. The first-order valence-corrected chi connectivity index (χ1v) is 5.57. The Balaban J connectivity index is 3.06. The van der Waals surface area contributed by atoms with Gasteiger partial charge in [-0.2, -0.15) is 13.2 Å². The maximum Gasteiger partial charge on any atom is 0.390 e. The van der Waals surface area contributed by atoms with Gasteiger partial charge in [0.25, 0.3) is 5.91 Å². The molecule has 0 unspecified atom stereocenters. The Morgan fingerprint density at radius 2 is 1.62 bits per heavy atom. The third-order valence-corrected chi connectivity index (χ3v) is 2.60. The molecule has 21 heavy (non-hydrogen) atoms. The molecule has 0 atom stereocenters. The van der Waals surface area contributed by atoms with E-state index < -0.39 is 53.8 Å². The van der Waals surface area contributed by atoms with E-state index in [0.29, 0.717) is 17.0 Å². The lowest BCUT2D eigenvalue weighted by Crippen LogP contribution is -2.31. The van der Waals surface area contributed by atoms with E-state index in [1.807, 2.05) is 0 Å². The number of carbonyl (C=O) groups excluding carboxylic acids is 1. The van der Waals surface area contributed by atoms with E-state index in [1.165, 1.54) is 0 Å². The van der Waals surface area contributed by atoms with Crippen LogP contribution in [-0.2, 0) is 0 Å². The van der Waals surface area contributed by atoms with Crippen molar-refractivity contribution >= 4 is 11.9 Å². The zero-order valence-electron chi connectivity index (χ0n) is 10.7. The quantitative estimate of drug-likeness (QED) is 0.870. The summed E-state index contributed by atoms with van der Waals surface area (Å²) in [6.45, 7) is -0.736. The van der Waals surface area contributed by atoms with Crippen LogP contribution < -0.4 is 0 Å². The van der Waals surface area contributed by atoms with Gasteiger partial charge in [-0.05, 0) is 12.1 Å². The smallest absolute Gasteiger partial charge is 0.390 e. The van der Waals surface area contributed by atoms with Crippen molar-refractivity contribution in [3.63, 3.8) is 0 Å². The molecule has 1 rings (SSSR count). The molecule has 116 valence electrons. The Labute approximate surface area is 115 Å². The molecule has 0 fully saturated rings. The fourth-order valence-electron chi connectivity index (χ4n) is 1.50. The molecule has 0 heterocycles. The van der Waals surface area contributed by atoms with E-state index in [9.17, 15) is 31.5 Å². The molecule has 9 heteroatoms. The normalized spacial score (nSPS) is 11.3. The van der Waals surface area contributed by atoms with Crippen LogP contribution in [0.3, 0.4) is 0 Å². The van der Waals surface area contributed by atoms with E-state index in [-0.39, 0.29) is 0 Å². The third-order valence-electron chi connectivity index (χ3n) is 2.60. The maximum absolute atomic E-state index is 13.1. The number of carboxylic acid groups (broad SMARTS) is 1. The number of alkyl halides is 3. The molecule has 1 aromatic rings. The summed E-state index contributed by atoms with van der Waals surface area (Å²) in [6, 6.07) is 0.660. The molecule has 4 nitrogen and oxygen atoms in total. The van der Waals surface area contributed by atoms with E-state index in [1.54, 1.807) is 0 Å². The first kappa shape index (κ1) is 16.9. The van der Waals surface area contributed by atoms with Crippen LogP contribution in [0.25, 0.3) is 0 Å². The monoisotopic (exact) mass is 311 g/mol. The average molecular weight is 311 g/mol. The molecule has 0 bridgehead atoms. The zero-order valence-corrected chi connectivity index (χ0v) is 10.7. The predicted octanol–water partition coefficient (Wildman–Crippen LogP) is 2.69. The zero-order chi connectivity index (χ0) is 16.4. The van der Waals surface area contributed by atoms with E-state index >= 15 is 0 Å². The molecular formula is C12H10F5NO3. The van der Waals surface area contributed by atoms with Crippen LogP contribution >= 0.6 is 0 Å². The first-order chi connectivity index (χ1) is 9.53. The second-order valence-corrected chi connectivity index (χ2v) is 4.21. The summed E-state index contributed by atoms with van der Waals surface area (Å²) < 4.78 is 62.3. The molecule has 0 aliphatic carbocycles. The molecule has 0 spiro atoms. The highest BCUT2D eigenvalue weighted by atomic mass is 19.4. The third kappa shape index (κ3) is 4.40. The van der Waals surface area contributed by atoms with Gasteiger partial charge in [-0.1, -0.05) is 0 Å². The van der Waals surface area contributed by atoms with E-state index in [2.05, 4.69) is 0 Å².